The van der Waals surface area contributed by atoms with E-state index in [2.05, 4.69) is 65.6 Å². The summed E-state index contributed by atoms with van der Waals surface area (Å²) in [5.74, 6) is 0.652. The Labute approximate surface area is 127 Å². The Morgan fingerprint density at radius 1 is 0.952 bits per heavy atom. The highest BCUT2D eigenvalue weighted by molar-refractivity contribution is 5.19. The van der Waals surface area contributed by atoms with E-state index in [1.54, 1.807) is 7.11 Å². The van der Waals surface area contributed by atoms with Crippen LogP contribution in [0.3, 0.4) is 0 Å². The maximum absolute atomic E-state index is 5.39. The fourth-order valence-corrected chi connectivity index (χ4v) is 3.25. The van der Waals surface area contributed by atoms with Gasteiger partial charge in [-0.3, -0.25) is 4.90 Å². The van der Waals surface area contributed by atoms with E-state index in [1.165, 1.54) is 11.1 Å². The Hall–Kier alpha value is -1.64. The van der Waals surface area contributed by atoms with Crippen LogP contribution in [0.5, 0.6) is 0 Å². The molecule has 1 aliphatic rings. The van der Waals surface area contributed by atoms with Crippen molar-refractivity contribution in [2.45, 2.75) is 19.0 Å². The minimum Gasteiger partial charge on any atom is -0.384 e. The Balaban J connectivity index is 1.66. The van der Waals surface area contributed by atoms with Crippen molar-refractivity contribution < 1.29 is 4.74 Å². The van der Waals surface area contributed by atoms with Crippen LogP contribution >= 0.6 is 0 Å². The van der Waals surface area contributed by atoms with Gasteiger partial charge in [0.1, 0.15) is 0 Å². The van der Waals surface area contributed by atoms with Crippen LogP contribution in [0.4, 0.5) is 0 Å². The number of likely N-dealkylation sites (tertiary alicyclic amines) is 1. The number of rotatable bonds is 6. The summed E-state index contributed by atoms with van der Waals surface area (Å²) in [6.07, 6.45) is 1.11. The standard InChI is InChI=1S/C19H23NO/c1-21-15-18-14-20(13-17-10-6-3-7-11-17)19(18)12-16-8-4-2-5-9-16/h2-11,18-19H,12-15H2,1H3. The first-order valence-electron chi connectivity index (χ1n) is 7.67. The van der Waals surface area contributed by atoms with Gasteiger partial charge >= 0.3 is 0 Å². The third-order valence-electron chi connectivity index (χ3n) is 4.38. The molecule has 0 N–H and O–H groups in total. The zero-order valence-corrected chi connectivity index (χ0v) is 12.6. The van der Waals surface area contributed by atoms with Crippen LogP contribution in [-0.4, -0.2) is 31.2 Å². The van der Waals surface area contributed by atoms with Crippen molar-refractivity contribution in [2.24, 2.45) is 5.92 Å². The Morgan fingerprint density at radius 3 is 2.19 bits per heavy atom. The molecule has 0 aromatic heterocycles. The molecular weight excluding hydrogens is 258 g/mol. The highest BCUT2D eigenvalue weighted by Crippen LogP contribution is 2.30. The normalized spacial score (nSPS) is 22.0. The lowest BCUT2D eigenvalue weighted by atomic mass is 9.84. The highest BCUT2D eigenvalue weighted by Gasteiger charge is 2.38. The van der Waals surface area contributed by atoms with E-state index in [0.717, 1.165) is 26.1 Å². The predicted octanol–water partition coefficient (Wildman–Crippen LogP) is 3.38. The quantitative estimate of drug-likeness (QED) is 0.805. The lowest BCUT2D eigenvalue weighted by Gasteiger charge is -2.48. The summed E-state index contributed by atoms with van der Waals surface area (Å²) in [4.78, 5) is 2.58. The van der Waals surface area contributed by atoms with Crippen molar-refractivity contribution in [1.29, 1.82) is 0 Å². The number of methoxy groups -OCH3 is 1. The first-order chi connectivity index (χ1) is 10.4. The fourth-order valence-electron chi connectivity index (χ4n) is 3.25. The van der Waals surface area contributed by atoms with Crippen LogP contribution in [0, 0.1) is 5.92 Å². The van der Waals surface area contributed by atoms with E-state index in [0.29, 0.717) is 12.0 Å². The van der Waals surface area contributed by atoms with E-state index in [9.17, 15) is 0 Å². The molecule has 1 aliphatic heterocycles. The van der Waals surface area contributed by atoms with Gasteiger partial charge in [-0.25, -0.2) is 0 Å². The molecule has 0 saturated carbocycles. The Kier molecular flexibility index (Phi) is 4.69. The second-order valence-corrected chi connectivity index (χ2v) is 5.89. The van der Waals surface area contributed by atoms with Gasteiger partial charge in [-0.2, -0.15) is 0 Å². The number of nitrogens with zero attached hydrogens (tertiary/aromatic N) is 1. The third kappa shape index (κ3) is 3.52. The van der Waals surface area contributed by atoms with E-state index >= 15 is 0 Å². The van der Waals surface area contributed by atoms with Crippen molar-refractivity contribution >= 4 is 0 Å². The smallest absolute Gasteiger partial charge is 0.0517 e. The van der Waals surface area contributed by atoms with E-state index in [-0.39, 0.29) is 0 Å². The lowest BCUT2D eigenvalue weighted by Crippen LogP contribution is -2.58. The van der Waals surface area contributed by atoms with Crippen molar-refractivity contribution in [3.05, 3.63) is 71.8 Å². The molecule has 0 amide bonds. The molecule has 0 aliphatic carbocycles. The highest BCUT2D eigenvalue weighted by atomic mass is 16.5. The molecule has 2 nitrogen and oxygen atoms in total. The zero-order chi connectivity index (χ0) is 14.5. The summed E-state index contributed by atoms with van der Waals surface area (Å²) in [7, 11) is 1.80. The molecular formula is C19H23NO. The number of benzene rings is 2. The average molecular weight is 281 g/mol. The van der Waals surface area contributed by atoms with Crippen molar-refractivity contribution in [2.75, 3.05) is 20.3 Å². The largest absolute Gasteiger partial charge is 0.384 e. The van der Waals surface area contributed by atoms with Gasteiger partial charge in [0, 0.05) is 32.2 Å². The lowest BCUT2D eigenvalue weighted by molar-refractivity contribution is -0.0332. The molecule has 0 bridgehead atoms. The van der Waals surface area contributed by atoms with Gasteiger partial charge in [0.2, 0.25) is 0 Å². The maximum Gasteiger partial charge on any atom is 0.0517 e. The van der Waals surface area contributed by atoms with Crippen LogP contribution in [0.25, 0.3) is 0 Å². The first-order valence-corrected chi connectivity index (χ1v) is 7.67. The van der Waals surface area contributed by atoms with Crippen LogP contribution < -0.4 is 0 Å². The van der Waals surface area contributed by atoms with Crippen LogP contribution in [-0.2, 0) is 17.7 Å². The summed E-state index contributed by atoms with van der Waals surface area (Å²) in [6.45, 7) is 3.04. The summed E-state index contributed by atoms with van der Waals surface area (Å²) in [6, 6.07) is 22.1. The molecule has 21 heavy (non-hydrogen) atoms. The summed E-state index contributed by atoms with van der Waals surface area (Å²) >= 11 is 0. The number of ether oxygens (including phenoxy) is 1. The van der Waals surface area contributed by atoms with Gasteiger partial charge in [0.05, 0.1) is 6.61 Å². The maximum atomic E-state index is 5.39. The van der Waals surface area contributed by atoms with Gasteiger partial charge in [-0.1, -0.05) is 60.7 Å². The van der Waals surface area contributed by atoms with Crippen molar-refractivity contribution in [3.8, 4) is 0 Å². The molecule has 0 radical (unpaired) electrons. The average Bonchev–Trinajstić information content (AvgIpc) is 2.54. The second-order valence-electron chi connectivity index (χ2n) is 5.89. The minimum absolute atomic E-state index is 0.590. The molecule has 2 atom stereocenters. The molecule has 110 valence electrons. The third-order valence-corrected chi connectivity index (χ3v) is 4.38. The summed E-state index contributed by atoms with van der Waals surface area (Å²) in [5, 5.41) is 0. The molecule has 1 fully saturated rings. The fraction of sp³-hybridized carbons (Fsp3) is 0.368. The molecule has 3 rings (SSSR count). The van der Waals surface area contributed by atoms with E-state index < -0.39 is 0 Å². The molecule has 2 aromatic rings. The zero-order valence-electron chi connectivity index (χ0n) is 12.6. The molecule has 2 heteroatoms. The molecule has 0 spiro atoms. The number of hydrogen-bond acceptors (Lipinski definition) is 2. The van der Waals surface area contributed by atoms with Gasteiger partial charge in [0.25, 0.3) is 0 Å². The van der Waals surface area contributed by atoms with Crippen molar-refractivity contribution in [3.63, 3.8) is 0 Å². The summed E-state index contributed by atoms with van der Waals surface area (Å²) in [5.41, 5.74) is 2.81. The number of hydrogen-bond donors (Lipinski definition) is 0. The Bertz CT molecular complexity index is 540. The van der Waals surface area contributed by atoms with Gasteiger partial charge in [-0.05, 0) is 17.5 Å². The SMILES string of the molecule is COCC1CN(Cc2ccccc2)C1Cc1ccccc1. The second kappa shape index (κ2) is 6.88. The molecule has 2 unspecified atom stereocenters. The topological polar surface area (TPSA) is 12.5 Å². The Morgan fingerprint density at radius 2 is 1.57 bits per heavy atom. The van der Waals surface area contributed by atoms with Gasteiger partial charge in [0.15, 0.2) is 0 Å². The van der Waals surface area contributed by atoms with Crippen molar-refractivity contribution in [1.82, 2.24) is 4.90 Å². The van der Waals surface area contributed by atoms with Crippen LogP contribution in [0.1, 0.15) is 11.1 Å². The van der Waals surface area contributed by atoms with Crippen LogP contribution in [0.15, 0.2) is 60.7 Å². The van der Waals surface area contributed by atoms with E-state index in [1.807, 2.05) is 0 Å². The van der Waals surface area contributed by atoms with Crippen LogP contribution in [0.2, 0.25) is 0 Å². The molecule has 1 heterocycles. The summed E-state index contributed by atoms with van der Waals surface area (Å²) < 4.78 is 5.39. The molecule has 2 aromatic carbocycles. The first kappa shape index (κ1) is 14.3. The van der Waals surface area contributed by atoms with Gasteiger partial charge in [-0.15, -0.1) is 0 Å². The monoisotopic (exact) mass is 281 g/mol. The van der Waals surface area contributed by atoms with Gasteiger partial charge < -0.3 is 4.74 Å². The van der Waals surface area contributed by atoms with E-state index in [4.69, 9.17) is 4.74 Å². The molecule has 1 saturated heterocycles. The minimum atomic E-state index is 0.590. The predicted molar refractivity (Wildman–Crippen MR) is 86.2 cm³/mol.